The van der Waals surface area contributed by atoms with Gasteiger partial charge in [-0.05, 0) is 56.7 Å². The fourth-order valence-corrected chi connectivity index (χ4v) is 4.06. The first-order valence-electron chi connectivity index (χ1n) is 11.5. The molecule has 33 heavy (non-hydrogen) atoms. The maximum atomic E-state index is 13.6. The smallest absolute Gasteiger partial charge is 0.266 e. The maximum absolute atomic E-state index is 13.6. The van der Waals surface area contributed by atoms with Crippen molar-refractivity contribution in [3.63, 3.8) is 0 Å². The Kier molecular flexibility index (Phi) is 6.68. The average molecular weight is 440 g/mol. The van der Waals surface area contributed by atoms with Crippen LogP contribution in [0, 0.1) is 6.92 Å². The molecule has 0 aliphatic heterocycles. The van der Waals surface area contributed by atoms with E-state index < -0.39 is 6.04 Å². The van der Waals surface area contributed by atoms with Crippen LogP contribution in [0.25, 0.3) is 16.6 Å². The van der Waals surface area contributed by atoms with E-state index in [4.69, 9.17) is 4.98 Å². The van der Waals surface area contributed by atoms with Crippen LogP contribution < -0.4 is 5.56 Å². The summed E-state index contributed by atoms with van der Waals surface area (Å²) in [5.74, 6) is 0.498. The van der Waals surface area contributed by atoms with Gasteiger partial charge in [0.25, 0.3) is 11.5 Å². The summed E-state index contributed by atoms with van der Waals surface area (Å²) in [6.07, 6.45) is 1.83. The molecule has 0 fully saturated rings. The minimum atomic E-state index is -0.400. The van der Waals surface area contributed by atoms with Crippen LogP contribution in [0.15, 0.2) is 83.7 Å². The first-order valence-corrected chi connectivity index (χ1v) is 11.5. The van der Waals surface area contributed by atoms with Gasteiger partial charge in [0, 0.05) is 12.1 Å². The van der Waals surface area contributed by atoms with Gasteiger partial charge in [-0.25, -0.2) is 4.98 Å². The van der Waals surface area contributed by atoms with Gasteiger partial charge in [-0.2, -0.15) is 0 Å². The molecule has 5 nitrogen and oxygen atoms in total. The zero-order chi connectivity index (χ0) is 23.4. The van der Waals surface area contributed by atoms with E-state index in [1.165, 1.54) is 0 Å². The normalized spacial score (nSPS) is 12.0. The zero-order valence-electron chi connectivity index (χ0n) is 19.4. The Morgan fingerprint density at radius 2 is 1.64 bits per heavy atom. The maximum Gasteiger partial charge on any atom is 0.266 e. The van der Waals surface area contributed by atoms with Crippen LogP contribution in [0.5, 0.6) is 0 Å². The first kappa shape index (κ1) is 22.5. The van der Waals surface area contributed by atoms with Gasteiger partial charge in [0.15, 0.2) is 0 Å². The van der Waals surface area contributed by atoms with Gasteiger partial charge in [-0.3, -0.25) is 14.2 Å². The van der Waals surface area contributed by atoms with Crippen molar-refractivity contribution in [2.45, 2.75) is 39.7 Å². The summed E-state index contributed by atoms with van der Waals surface area (Å²) in [4.78, 5) is 33.9. The number of unbranched alkanes of at least 4 members (excludes halogenated alkanes) is 1. The molecule has 0 saturated heterocycles. The summed E-state index contributed by atoms with van der Waals surface area (Å²) < 4.78 is 1.66. The number of hydrogen-bond donors (Lipinski definition) is 0. The number of amides is 1. The first-order chi connectivity index (χ1) is 16.0. The molecule has 3 aromatic carbocycles. The predicted octanol–water partition coefficient (Wildman–Crippen LogP) is 5.70. The summed E-state index contributed by atoms with van der Waals surface area (Å²) in [7, 11) is 0. The standard InChI is InChI=1S/C28H29N3O2/c1-4-5-19-30(27(32)22-11-7-6-8-12-22)21(3)26-29-25-14-10-9-13-24(25)28(33)31(26)23-17-15-20(2)16-18-23/h6-18,21H,4-5,19H2,1-3H3. The molecule has 4 aromatic rings. The lowest BCUT2D eigenvalue weighted by molar-refractivity contribution is 0.0678. The van der Waals surface area contributed by atoms with E-state index in [9.17, 15) is 9.59 Å². The number of nitrogens with zero attached hydrogens (tertiary/aromatic N) is 3. The molecule has 0 N–H and O–H groups in total. The Bertz CT molecular complexity index is 1310. The number of para-hydroxylation sites is 1. The lowest BCUT2D eigenvalue weighted by Gasteiger charge is -2.30. The second-order valence-corrected chi connectivity index (χ2v) is 8.36. The molecule has 168 valence electrons. The highest BCUT2D eigenvalue weighted by Crippen LogP contribution is 2.25. The topological polar surface area (TPSA) is 55.2 Å². The SMILES string of the molecule is CCCCN(C(=O)c1ccccc1)C(C)c1nc2ccccc2c(=O)n1-c1ccc(C)cc1. The molecular weight excluding hydrogens is 410 g/mol. The largest absolute Gasteiger partial charge is 0.329 e. The number of carbonyl (C=O) groups excluding carboxylic acids is 1. The van der Waals surface area contributed by atoms with Crippen molar-refractivity contribution >= 4 is 16.8 Å². The summed E-state index contributed by atoms with van der Waals surface area (Å²) in [6.45, 7) is 6.66. The van der Waals surface area contributed by atoms with Crippen molar-refractivity contribution in [2.24, 2.45) is 0 Å². The fourth-order valence-electron chi connectivity index (χ4n) is 4.06. The predicted molar refractivity (Wildman–Crippen MR) is 133 cm³/mol. The van der Waals surface area contributed by atoms with Crippen LogP contribution in [0.3, 0.4) is 0 Å². The van der Waals surface area contributed by atoms with Crippen LogP contribution in [-0.2, 0) is 0 Å². The number of fused-ring (bicyclic) bond motifs is 1. The van der Waals surface area contributed by atoms with Gasteiger partial charge in [-0.15, -0.1) is 0 Å². The number of rotatable bonds is 7. The highest BCUT2D eigenvalue weighted by atomic mass is 16.2. The van der Waals surface area contributed by atoms with Crippen LogP contribution in [0.4, 0.5) is 0 Å². The minimum Gasteiger partial charge on any atom is -0.329 e. The molecule has 0 saturated carbocycles. The van der Waals surface area contributed by atoms with Crippen LogP contribution in [-0.4, -0.2) is 26.9 Å². The van der Waals surface area contributed by atoms with Crippen LogP contribution in [0.1, 0.15) is 54.5 Å². The number of carbonyl (C=O) groups is 1. The second-order valence-electron chi connectivity index (χ2n) is 8.36. The number of aromatic nitrogens is 2. The van der Waals surface area contributed by atoms with Crippen molar-refractivity contribution in [2.75, 3.05) is 6.54 Å². The third-order valence-corrected chi connectivity index (χ3v) is 5.97. The molecule has 1 aromatic heterocycles. The lowest BCUT2D eigenvalue weighted by atomic mass is 10.1. The summed E-state index contributed by atoms with van der Waals surface area (Å²) in [6, 6.07) is 24.1. The van der Waals surface area contributed by atoms with Crippen molar-refractivity contribution < 1.29 is 4.79 Å². The number of benzene rings is 3. The third kappa shape index (κ3) is 4.58. The zero-order valence-corrected chi connectivity index (χ0v) is 19.4. The van der Waals surface area contributed by atoms with Gasteiger partial charge < -0.3 is 4.90 Å². The Labute approximate surface area is 194 Å². The van der Waals surface area contributed by atoms with E-state index in [1.807, 2.05) is 91.5 Å². The lowest BCUT2D eigenvalue weighted by Crippen LogP contribution is -2.38. The molecule has 1 unspecified atom stereocenters. The monoisotopic (exact) mass is 439 g/mol. The number of aryl methyl sites for hydroxylation is 1. The van der Waals surface area contributed by atoms with Gasteiger partial charge in [0.1, 0.15) is 5.82 Å². The van der Waals surface area contributed by atoms with Crippen molar-refractivity contribution in [1.82, 2.24) is 14.5 Å². The Morgan fingerprint density at radius 1 is 0.970 bits per heavy atom. The Hall–Kier alpha value is -3.73. The minimum absolute atomic E-state index is 0.0607. The molecule has 5 heteroatoms. The quantitative estimate of drug-likeness (QED) is 0.371. The third-order valence-electron chi connectivity index (χ3n) is 5.97. The molecule has 1 atom stereocenters. The van der Waals surface area contributed by atoms with Gasteiger partial charge in [0.2, 0.25) is 0 Å². The van der Waals surface area contributed by atoms with Crippen LogP contribution >= 0.6 is 0 Å². The van der Waals surface area contributed by atoms with E-state index in [0.29, 0.717) is 28.8 Å². The van der Waals surface area contributed by atoms with Crippen molar-refractivity contribution in [3.8, 4) is 5.69 Å². The fraction of sp³-hybridized carbons (Fsp3) is 0.250. The van der Waals surface area contributed by atoms with Gasteiger partial charge in [-0.1, -0.05) is 61.4 Å². The molecule has 0 radical (unpaired) electrons. The van der Waals surface area contributed by atoms with Gasteiger partial charge >= 0.3 is 0 Å². The highest BCUT2D eigenvalue weighted by molar-refractivity contribution is 5.94. The number of hydrogen-bond acceptors (Lipinski definition) is 3. The van der Waals surface area contributed by atoms with E-state index in [0.717, 1.165) is 24.1 Å². The molecule has 0 aliphatic carbocycles. The van der Waals surface area contributed by atoms with E-state index in [-0.39, 0.29) is 11.5 Å². The summed E-state index contributed by atoms with van der Waals surface area (Å²) >= 11 is 0. The van der Waals surface area contributed by atoms with E-state index in [1.54, 1.807) is 10.6 Å². The van der Waals surface area contributed by atoms with E-state index in [2.05, 4.69) is 6.92 Å². The highest BCUT2D eigenvalue weighted by Gasteiger charge is 2.27. The molecule has 1 heterocycles. The molecule has 0 bridgehead atoms. The van der Waals surface area contributed by atoms with Crippen molar-refractivity contribution in [3.05, 3.63) is 106 Å². The summed E-state index contributed by atoms with van der Waals surface area (Å²) in [5, 5.41) is 0.559. The Balaban J connectivity index is 1.90. The summed E-state index contributed by atoms with van der Waals surface area (Å²) in [5.41, 5.74) is 2.99. The van der Waals surface area contributed by atoms with Gasteiger partial charge in [0.05, 0.1) is 22.6 Å². The second kappa shape index (κ2) is 9.82. The van der Waals surface area contributed by atoms with Crippen molar-refractivity contribution in [1.29, 1.82) is 0 Å². The molecule has 1 amide bonds. The average Bonchev–Trinajstić information content (AvgIpc) is 2.85. The molecule has 0 aliphatic rings. The molecule has 0 spiro atoms. The molecule has 4 rings (SSSR count). The van der Waals surface area contributed by atoms with E-state index >= 15 is 0 Å². The Morgan fingerprint density at radius 3 is 2.33 bits per heavy atom. The molecular formula is C28H29N3O2. The van der Waals surface area contributed by atoms with Crippen LogP contribution in [0.2, 0.25) is 0 Å².